The van der Waals surface area contributed by atoms with E-state index in [0.29, 0.717) is 11.8 Å². The molecule has 3 nitrogen and oxygen atoms in total. The summed E-state index contributed by atoms with van der Waals surface area (Å²) < 4.78 is 0. The van der Waals surface area contributed by atoms with Gasteiger partial charge in [0.25, 0.3) is 0 Å². The number of hydrogen-bond donors (Lipinski definition) is 0. The average molecular weight is 390 g/mol. The van der Waals surface area contributed by atoms with Gasteiger partial charge in [-0.05, 0) is 54.2 Å². The zero-order chi connectivity index (χ0) is 20.1. The first kappa shape index (κ1) is 20.0. The van der Waals surface area contributed by atoms with Gasteiger partial charge in [0, 0.05) is 32.7 Å². The van der Waals surface area contributed by atoms with Crippen LogP contribution in [0.2, 0.25) is 0 Å². The molecular formula is C26H35N3. The second kappa shape index (κ2) is 9.47. The van der Waals surface area contributed by atoms with Crippen LogP contribution in [-0.2, 0) is 6.54 Å². The molecule has 154 valence electrons. The molecule has 0 amide bonds. The molecule has 0 N–H and O–H groups in total. The first-order valence-corrected chi connectivity index (χ1v) is 11.4. The Balaban J connectivity index is 1.39. The normalized spacial score (nSPS) is 18.8. The van der Waals surface area contributed by atoms with Crippen molar-refractivity contribution in [3.8, 4) is 0 Å². The number of guanidine groups is 1. The summed E-state index contributed by atoms with van der Waals surface area (Å²) in [6.07, 6.45) is 4.84. The zero-order valence-corrected chi connectivity index (χ0v) is 18.1. The quantitative estimate of drug-likeness (QED) is 0.610. The van der Waals surface area contributed by atoms with Gasteiger partial charge in [0.1, 0.15) is 0 Å². The summed E-state index contributed by atoms with van der Waals surface area (Å²) in [4.78, 5) is 9.76. The highest BCUT2D eigenvalue weighted by molar-refractivity contribution is 5.81. The van der Waals surface area contributed by atoms with Gasteiger partial charge < -0.3 is 9.80 Å². The fraction of sp³-hybridized carbons (Fsp3) is 0.500. The molecule has 2 atom stereocenters. The number of hydrogen-bond acceptors (Lipinski definition) is 3. The lowest BCUT2D eigenvalue weighted by molar-refractivity contribution is 0.239. The van der Waals surface area contributed by atoms with E-state index in [0.717, 1.165) is 19.6 Å². The minimum atomic E-state index is 0.572. The second-order valence-corrected chi connectivity index (χ2v) is 8.69. The highest BCUT2D eigenvalue weighted by atomic mass is 15.4. The lowest BCUT2D eigenvalue weighted by atomic mass is 9.84. The van der Waals surface area contributed by atoms with E-state index in [1.807, 2.05) is 0 Å². The molecule has 29 heavy (non-hydrogen) atoms. The maximum Gasteiger partial charge on any atom is 0.196 e. The fourth-order valence-corrected chi connectivity index (χ4v) is 4.85. The summed E-state index contributed by atoms with van der Waals surface area (Å²) in [5.74, 6) is 2.44. The van der Waals surface area contributed by atoms with E-state index in [-0.39, 0.29) is 0 Å². The van der Waals surface area contributed by atoms with Crippen LogP contribution in [0.25, 0.3) is 0 Å². The van der Waals surface area contributed by atoms with E-state index < -0.39 is 0 Å². The summed E-state index contributed by atoms with van der Waals surface area (Å²) in [6.45, 7) is 10.1. The van der Waals surface area contributed by atoms with Crippen molar-refractivity contribution in [2.45, 2.75) is 57.9 Å². The Bertz CT molecular complexity index is 796. The molecule has 0 aliphatic carbocycles. The third-order valence-corrected chi connectivity index (χ3v) is 6.59. The highest BCUT2D eigenvalue weighted by Crippen LogP contribution is 2.32. The van der Waals surface area contributed by atoms with Crippen LogP contribution in [0.5, 0.6) is 0 Å². The van der Waals surface area contributed by atoms with Crippen molar-refractivity contribution in [1.82, 2.24) is 9.80 Å². The van der Waals surface area contributed by atoms with Crippen LogP contribution in [0.4, 0.5) is 0 Å². The summed E-state index contributed by atoms with van der Waals surface area (Å²) in [5, 5.41) is 0. The maximum absolute atomic E-state index is 4.81. The van der Waals surface area contributed by atoms with Crippen molar-refractivity contribution in [3.63, 3.8) is 0 Å². The number of aliphatic imine (C=N–C) groups is 1. The van der Waals surface area contributed by atoms with Gasteiger partial charge in [-0.25, -0.2) is 0 Å². The molecule has 0 bridgehead atoms. The van der Waals surface area contributed by atoms with Crippen LogP contribution in [0.3, 0.4) is 0 Å². The number of fused-ring (bicyclic) bond motifs is 1. The molecule has 2 aromatic carbocycles. The molecule has 0 radical (unpaired) electrons. The third-order valence-electron chi connectivity index (χ3n) is 6.59. The Morgan fingerprint density at radius 3 is 2.41 bits per heavy atom. The van der Waals surface area contributed by atoms with Gasteiger partial charge in [-0.1, -0.05) is 68.4 Å². The molecule has 2 heterocycles. The predicted octanol–water partition coefficient (Wildman–Crippen LogP) is 5.64. The Labute approximate surface area is 176 Å². The molecule has 2 aliphatic heterocycles. The standard InChI is InChI=1S/C26H35N3/c1-3-23(25-9-5-4-6-10-25)19-21(2)24-13-11-22(12-14-24)20-29-18-8-17-28-16-7-15-27-26(28)29/h4-6,9-14,21,23H,3,7-8,15-20H2,1-2H3. The summed E-state index contributed by atoms with van der Waals surface area (Å²) in [6, 6.07) is 20.4. The van der Waals surface area contributed by atoms with Crippen molar-refractivity contribution in [2.24, 2.45) is 4.99 Å². The Kier molecular flexibility index (Phi) is 6.53. The van der Waals surface area contributed by atoms with Gasteiger partial charge in [0.05, 0.1) is 0 Å². The fourth-order valence-electron chi connectivity index (χ4n) is 4.85. The van der Waals surface area contributed by atoms with E-state index in [2.05, 4.69) is 78.2 Å². The largest absolute Gasteiger partial charge is 0.343 e. The van der Waals surface area contributed by atoms with Crippen molar-refractivity contribution >= 4 is 5.96 Å². The van der Waals surface area contributed by atoms with Gasteiger partial charge in [-0.3, -0.25) is 4.99 Å². The number of benzene rings is 2. The maximum atomic E-state index is 4.81. The van der Waals surface area contributed by atoms with Gasteiger partial charge in [-0.15, -0.1) is 0 Å². The smallest absolute Gasteiger partial charge is 0.196 e. The van der Waals surface area contributed by atoms with Crippen molar-refractivity contribution in [2.75, 3.05) is 26.2 Å². The van der Waals surface area contributed by atoms with Crippen molar-refractivity contribution in [1.29, 1.82) is 0 Å². The lowest BCUT2D eigenvalue weighted by Gasteiger charge is -2.41. The number of rotatable bonds is 7. The molecule has 1 fully saturated rings. The molecule has 1 saturated heterocycles. The molecule has 0 saturated carbocycles. The van der Waals surface area contributed by atoms with Crippen LogP contribution in [0.1, 0.15) is 68.1 Å². The lowest BCUT2D eigenvalue weighted by Crippen LogP contribution is -2.51. The van der Waals surface area contributed by atoms with Gasteiger partial charge >= 0.3 is 0 Å². The van der Waals surface area contributed by atoms with Gasteiger partial charge in [0.15, 0.2) is 5.96 Å². The first-order valence-electron chi connectivity index (χ1n) is 11.4. The van der Waals surface area contributed by atoms with Crippen molar-refractivity contribution < 1.29 is 0 Å². The first-order chi connectivity index (χ1) is 14.2. The topological polar surface area (TPSA) is 18.8 Å². The molecule has 0 spiro atoms. The van der Waals surface area contributed by atoms with Crippen LogP contribution in [0.15, 0.2) is 59.6 Å². The second-order valence-electron chi connectivity index (χ2n) is 8.69. The van der Waals surface area contributed by atoms with E-state index >= 15 is 0 Å². The molecule has 2 aliphatic rings. The Hall–Kier alpha value is -2.29. The number of nitrogens with zero attached hydrogens (tertiary/aromatic N) is 3. The SMILES string of the molecule is CCC(CC(C)c1ccc(CN2CCCN3CCCN=C32)cc1)c1ccccc1. The van der Waals surface area contributed by atoms with E-state index in [1.54, 1.807) is 0 Å². The predicted molar refractivity (Wildman–Crippen MR) is 122 cm³/mol. The highest BCUT2D eigenvalue weighted by Gasteiger charge is 2.25. The van der Waals surface area contributed by atoms with Gasteiger partial charge in [0.2, 0.25) is 0 Å². The third kappa shape index (κ3) is 4.83. The van der Waals surface area contributed by atoms with Crippen molar-refractivity contribution in [3.05, 3.63) is 71.3 Å². The Morgan fingerprint density at radius 2 is 1.66 bits per heavy atom. The molecular weight excluding hydrogens is 354 g/mol. The monoisotopic (exact) mass is 389 g/mol. The zero-order valence-electron chi connectivity index (χ0n) is 18.1. The Morgan fingerprint density at radius 1 is 0.897 bits per heavy atom. The molecule has 3 heteroatoms. The molecule has 2 unspecified atom stereocenters. The molecule has 0 aromatic heterocycles. The summed E-state index contributed by atoms with van der Waals surface area (Å²) in [7, 11) is 0. The van der Waals surface area contributed by atoms with Gasteiger partial charge in [-0.2, -0.15) is 0 Å². The van der Waals surface area contributed by atoms with E-state index in [4.69, 9.17) is 4.99 Å². The average Bonchev–Trinajstić information content (AvgIpc) is 2.78. The summed E-state index contributed by atoms with van der Waals surface area (Å²) >= 11 is 0. The van der Waals surface area contributed by atoms with E-state index in [9.17, 15) is 0 Å². The van der Waals surface area contributed by atoms with Crippen LogP contribution < -0.4 is 0 Å². The molecule has 4 rings (SSSR count). The van der Waals surface area contributed by atoms with E-state index in [1.165, 1.54) is 61.4 Å². The molecule has 2 aromatic rings. The van der Waals surface area contributed by atoms with Crippen LogP contribution in [0, 0.1) is 0 Å². The van der Waals surface area contributed by atoms with Crippen LogP contribution >= 0.6 is 0 Å². The van der Waals surface area contributed by atoms with Crippen LogP contribution in [-0.4, -0.2) is 41.9 Å². The minimum Gasteiger partial charge on any atom is -0.343 e. The minimum absolute atomic E-state index is 0.572. The summed E-state index contributed by atoms with van der Waals surface area (Å²) in [5.41, 5.74) is 4.32.